The van der Waals surface area contributed by atoms with Gasteiger partial charge in [-0.25, -0.2) is 0 Å². The molecule has 0 atom stereocenters. The zero-order valence-corrected chi connectivity index (χ0v) is 12.3. The van der Waals surface area contributed by atoms with Crippen LogP contribution in [-0.2, 0) is 13.2 Å². The van der Waals surface area contributed by atoms with Crippen LogP contribution in [0.3, 0.4) is 0 Å². The number of rotatable bonds is 4. The van der Waals surface area contributed by atoms with Gasteiger partial charge in [-0.1, -0.05) is 12.1 Å². The summed E-state index contributed by atoms with van der Waals surface area (Å²) in [5, 5.41) is 13.8. The molecule has 104 valence electrons. The Bertz CT molecular complexity index is 728. The van der Waals surface area contributed by atoms with Gasteiger partial charge in [0.15, 0.2) is 0 Å². The van der Waals surface area contributed by atoms with Crippen molar-refractivity contribution in [3.05, 3.63) is 46.5 Å². The van der Waals surface area contributed by atoms with Crippen LogP contribution in [0.1, 0.15) is 16.1 Å². The fraction of sp³-hybridized carbons (Fsp3) is 0.267. The second kappa shape index (κ2) is 5.26. The first kappa shape index (κ1) is 13.1. The quantitative estimate of drug-likeness (QED) is 0.803. The SMILES string of the molecule is COc1ccc(Cn2nc(C)c3sc(CO)cc32)cc1. The van der Waals surface area contributed by atoms with E-state index in [1.54, 1.807) is 18.4 Å². The van der Waals surface area contributed by atoms with Crippen molar-refractivity contribution in [1.82, 2.24) is 9.78 Å². The van der Waals surface area contributed by atoms with Crippen LogP contribution in [0.25, 0.3) is 10.2 Å². The molecule has 20 heavy (non-hydrogen) atoms. The molecule has 3 rings (SSSR count). The van der Waals surface area contributed by atoms with Gasteiger partial charge in [-0.15, -0.1) is 11.3 Å². The van der Waals surface area contributed by atoms with Gasteiger partial charge in [0.25, 0.3) is 0 Å². The molecule has 2 heterocycles. The molecule has 0 radical (unpaired) electrons. The monoisotopic (exact) mass is 288 g/mol. The van der Waals surface area contributed by atoms with Gasteiger partial charge in [-0.05, 0) is 30.7 Å². The standard InChI is InChI=1S/C15H16N2O2S/c1-10-15-14(7-13(9-18)20-15)17(16-10)8-11-3-5-12(19-2)6-4-11/h3-7,18H,8-9H2,1-2H3. The number of aryl methyl sites for hydroxylation is 1. The summed E-state index contributed by atoms with van der Waals surface area (Å²) in [5.74, 6) is 0.855. The number of nitrogens with zero attached hydrogens (tertiary/aromatic N) is 2. The number of ether oxygens (including phenoxy) is 1. The molecule has 0 fully saturated rings. The van der Waals surface area contributed by atoms with Crippen molar-refractivity contribution >= 4 is 21.6 Å². The van der Waals surface area contributed by atoms with Gasteiger partial charge in [-0.2, -0.15) is 5.10 Å². The number of aliphatic hydroxyl groups is 1. The number of benzene rings is 1. The van der Waals surface area contributed by atoms with Crippen molar-refractivity contribution in [3.8, 4) is 5.75 Å². The molecule has 0 saturated carbocycles. The fourth-order valence-corrected chi connectivity index (χ4v) is 3.22. The lowest BCUT2D eigenvalue weighted by Gasteiger charge is -2.04. The van der Waals surface area contributed by atoms with Gasteiger partial charge in [-0.3, -0.25) is 4.68 Å². The Morgan fingerprint density at radius 2 is 2.05 bits per heavy atom. The highest BCUT2D eigenvalue weighted by Crippen LogP contribution is 2.29. The summed E-state index contributed by atoms with van der Waals surface area (Å²) in [6, 6.07) is 10.0. The van der Waals surface area contributed by atoms with Gasteiger partial charge in [0.2, 0.25) is 0 Å². The van der Waals surface area contributed by atoms with E-state index in [0.717, 1.165) is 33.1 Å². The smallest absolute Gasteiger partial charge is 0.118 e. The summed E-state index contributed by atoms with van der Waals surface area (Å²) in [7, 11) is 1.66. The van der Waals surface area contributed by atoms with Crippen LogP contribution in [0.15, 0.2) is 30.3 Å². The zero-order valence-electron chi connectivity index (χ0n) is 11.5. The summed E-state index contributed by atoms with van der Waals surface area (Å²) in [6.45, 7) is 2.81. The van der Waals surface area contributed by atoms with Crippen LogP contribution in [0.5, 0.6) is 5.75 Å². The second-order valence-corrected chi connectivity index (χ2v) is 5.81. The Hall–Kier alpha value is -1.85. The summed E-state index contributed by atoms with van der Waals surface area (Å²) < 4.78 is 8.31. The third-order valence-corrected chi connectivity index (χ3v) is 4.51. The Kier molecular flexibility index (Phi) is 3.46. The molecule has 0 amide bonds. The molecule has 0 spiro atoms. The molecular formula is C15H16N2O2S. The highest BCUT2D eigenvalue weighted by atomic mass is 32.1. The predicted molar refractivity (Wildman–Crippen MR) is 80.4 cm³/mol. The maximum atomic E-state index is 9.25. The Labute approximate surface area is 121 Å². The van der Waals surface area contributed by atoms with E-state index >= 15 is 0 Å². The molecular weight excluding hydrogens is 272 g/mol. The minimum Gasteiger partial charge on any atom is -0.497 e. The Balaban J connectivity index is 1.94. The number of aromatic nitrogens is 2. The van der Waals surface area contributed by atoms with Crippen molar-refractivity contribution in [3.63, 3.8) is 0 Å². The van der Waals surface area contributed by atoms with E-state index in [1.165, 1.54) is 5.56 Å². The summed E-state index contributed by atoms with van der Waals surface area (Å²) in [6.07, 6.45) is 0. The van der Waals surface area contributed by atoms with Crippen LogP contribution >= 0.6 is 11.3 Å². The lowest BCUT2D eigenvalue weighted by Crippen LogP contribution is -2.01. The zero-order chi connectivity index (χ0) is 14.1. The lowest BCUT2D eigenvalue weighted by atomic mass is 10.2. The minimum atomic E-state index is 0.0846. The number of hydrogen-bond acceptors (Lipinski definition) is 4. The van der Waals surface area contributed by atoms with Crippen LogP contribution in [0.2, 0.25) is 0 Å². The Morgan fingerprint density at radius 1 is 1.30 bits per heavy atom. The number of thiophene rings is 1. The van der Waals surface area contributed by atoms with E-state index in [9.17, 15) is 5.11 Å². The first-order valence-corrected chi connectivity index (χ1v) is 7.22. The maximum Gasteiger partial charge on any atom is 0.118 e. The first-order valence-electron chi connectivity index (χ1n) is 6.41. The predicted octanol–water partition coefficient (Wildman–Crippen LogP) is 2.96. The van der Waals surface area contributed by atoms with Crippen molar-refractivity contribution < 1.29 is 9.84 Å². The normalized spacial score (nSPS) is 11.2. The number of hydrogen-bond donors (Lipinski definition) is 1. The summed E-state index contributed by atoms with van der Waals surface area (Å²) in [5.41, 5.74) is 3.28. The molecule has 0 bridgehead atoms. The van der Waals surface area contributed by atoms with E-state index in [-0.39, 0.29) is 6.61 Å². The van der Waals surface area contributed by atoms with Crippen LogP contribution in [0, 0.1) is 6.92 Å². The molecule has 0 aliphatic heterocycles. The summed E-state index contributed by atoms with van der Waals surface area (Å²) >= 11 is 1.61. The van der Waals surface area contributed by atoms with E-state index < -0.39 is 0 Å². The topological polar surface area (TPSA) is 47.3 Å². The molecule has 5 heteroatoms. The number of aliphatic hydroxyl groups excluding tert-OH is 1. The second-order valence-electron chi connectivity index (χ2n) is 4.68. The van der Waals surface area contributed by atoms with Gasteiger partial charge in [0, 0.05) is 4.88 Å². The first-order chi connectivity index (χ1) is 9.71. The molecule has 1 aromatic carbocycles. The van der Waals surface area contributed by atoms with E-state index in [4.69, 9.17) is 4.74 Å². The van der Waals surface area contributed by atoms with Crippen molar-refractivity contribution in [2.45, 2.75) is 20.1 Å². The average Bonchev–Trinajstić information content (AvgIpc) is 3.02. The minimum absolute atomic E-state index is 0.0846. The van der Waals surface area contributed by atoms with Gasteiger partial charge in [0.1, 0.15) is 5.75 Å². The van der Waals surface area contributed by atoms with Gasteiger partial charge in [0.05, 0.1) is 36.2 Å². The molecule has 0 aliphatic carbocycles. The number of methoxy groups -OCH3 is 1. The highest BCUT2D eigenvalue weighted by Gasteiger charge is 2.11. The Morgan fingerprint density at radius 3 is 2.70 bits per heavy atom. The third-order valence-electron chi connectivity index (χ3n) is 3.29. The fourth-order valence-electron chi connectivity index (χ4n) is 2.26. The third kappa shape index (κ3) is 2.30. The van der Waals surface area contributed by atoms with E-state index in [2.05, 4.69) is 5.10 Å². The van der Waals surface area contributed by atoms with Crippen molar-refractivity contribution in [2.75, 3.05) is 7.11 Å². The molecule has 1 N–H and O–H groups in total. The lowest BCUT2D eigenvalue weighted by molar-refractivity contribution is 0.285. The van der Waals surface area contributed by atoms with Crippen molar-refractivity contribution in [2.24, 2.45) is 0 Å². The van der Waals surface area contributed by atoms with E-state index in [0.29, 0.717) is 0 Å². The molecule has 4 nitrogen and oxygen atoms in total. The molecule has 0 aliphatic rings. The molecule has 3 aromatic rings. The maximum absolute atomic E-state index is 9.25. The largest absolute Gasteiger partial charge is 0.497 e. The molecule has 0 saturated heterocycles. The summed E-state index contributed by atoms with van der Waals surface area (Å²) in [4.78, 5) is 0.976. The highest BCUT2D eigenvalue weighted by molar-refractivity contribution is 7.19. The van der Waals surface area contributed by atoms with Gasteiger partial charge < -0.3 is 9.84 Å². The average molecular weight is 288 g/mol. The van der Waals surface area contributed by atoms with Crippen LogP contribution in [-0.4, -0.2) is 22.0 Å². The molecule has 0 unspecified atom stereocenters. The van der Waals surface area contributed by atoms with Crippen molar-refractivity contribution in [1.29, 1.82) is 0 Å². The number of fused-ring (bicyclic) bond motifs is 1. The van der Waals surface area contributed by atoms with Gasteiger partial charge >= 0.3 is 0 Å². The molecule has 2 aromatic heterocycles. The van der Waals surface area contributed by atoms with Crippen LogP contribution in [0.4, 0.5) is 0 Å². The van der Waals surface area contributed by atoms with Crippen LogP contribution < -0.4 is 4.74 Å². The van der Waals surface area contributed by atoms with E-state index in [1.807, 2.05) is 41.9 Å².